The zero-order valence-corrected chi connectivity index (χ0v) is 12.0. The van der Waals surface area contributed by atoms with Gasteiger partial charge in [0.15, 0.2) is 5.67 Å². The Labute approximate surface area is 122 Å². The third kappa shape index (κ3) is 1.61. The number of fused-ring (bicyclic) bond motifs is 3. The second-order valence-corrected chi connectivity index (χ2v) is 6.38. The molecule has 0 radical (unpaired) electrons. The molecule has 1 saturated carbocycles. The Hall–Kier alpha value is -1.85. The summed E-state index contributed by atoms with van der Waals surface area (Å²) >= 11 is 0. The highest BCUT2D eigenvalue weighted by atomic mass is 19.1. The molecule has 2 fully saturated rings. The van der Waals surface area contributed by atoms with E-state index in [2.05, 4.69) is 0 Å². The molecule has 21 heavy (non-hydrogen) atoms. The van der Waals surface area contributed by atoms with Crippen LogP contribution in [0.15, 0.2) is 18.3 Å². The van der Waals surface area contributed by atoms with Crippen LogP contribution in [0, 0.1) is 0 Å². The van der Waals surface area contributed by atoms with Gasteiger partial charge in [-0.05, 0) is 31.4 Å². The first-order valence-electron chi connectivity index (χ1n) is 7.43. The minimum atomic E-state index is -1.66. The van der Waals surface area contributed by atoms with Crippen molar-refractivity contribution in [1.82, 2.24) is 14.4 Å². The number of carbonyl (C=O) groups is 2. The number of halogens is 1. The SMILES string of the molecule is CN1C(=O)c2cccn2[C@H]2CN(C(=O)C3(F)CCC3)C[C@@H]21. The van der Waals surface area contributed by atoms with Crippen LogP contribution in [0.4, 0.5) is 4.39 Å². The number of aromatic nitrogens is 1. The second kappa shape index (κ2) is 4.08. The van der Waals surface area contributed by atoms with Crippen LogP contribution in [0.2, 0.25) is 0 Å². The summed E-state index contributed by atoms with van der Waals surface area (Å²) in [7, 11) is 1.76. The second-order valence-electron chi connectivity index (χ2n) is 6.38. The normalized spacial score (nSPS) is 29.9. The molecular formula is C15H18FN3O2. The number of amides is 2. The van der Waals surface area contributed by atoms with E-state index in [9.17, 15) is 14.0 Å². The summed E-state index contributed by atoms with van der Waals surface area (Å²) in [5.41, 5.74) is -1.01. The molecule has 6 heteroatoms. The molecule has 1 aliphatic carbocycles. The van der Waals surface area contributed by atoms with Crippen molar-refractivity contribution in [3.8, 4) is 0 Å². The molecule has 2 amide bonds. The molecule has 3 aliphatic rings. The van der Waals surface area contributed by atoms with Gasteiger partial charge in [0.2, 0.25) is 0 Å². The van der Waals surface area contributed by atoms with Crippen molar-refractivity contribution >= 4 is 11.8 Å². The van der Waals surface area contributed by atoms with Crippen LogP contribution in [-0.4, -0.2) is 58.0 Å². The van der Waals surface area contributed by atoms with Gasteiger partial charge in [0.05, 0.1) is 12.1 Å². The molecule has 2 atom stereocenters. The molecule has 0 N–H and O–H groups in total. The molecule has 112 valence electrons. The average Bonchev–Trinajstić information content (AvgIpc) is 3.07. The number of hydrogen-bond donors (Lipinski definition) is 0. The standard InChI is InChI=1S/C15H18FN3O2/c1-17-11-8-18(14(21)15(16)5-3-6-15)9-12(11)19-7-2-4-10(19)13(17)20/h2,4,7,11-12H,3,5-6,8-9H2,1H3/t11-,12-/m0/s1. The maximum absolute atomic E-state index is 14.4. The number of likely N-dealkylation sites (tertiary alicyclic amines) is 1. The third-order valence-electron chi connectivity index (χ3n) is 5.25. The Morgan fingerprint density at radius 3 is 2.71 bits per heavy atom. The van der Waals surface area contributed by atoms with Crippen molar-refractivity contribution in [2.24, 2.45) is 0 Å². The van der Waals surface area contributed by atoms with Crippen LogP contribution in [-0.2, 0) is 4.79 Å². The predicted molar refractivity (Wildman–Crippen MR) is 73.6 cm³/mol. The molecular weight excluding hydrogens is 273 g/mol. The van der Waals surface area contributed by atoms with E-state index in [0.29, 0.717) is 31.6 Å². The molecule has 3 heterocycles. The van der Waals surface area contributed by atoms with Crippen LogP contribution in [0.25, 0.3) is 0 Å². The van der Waals surface area contributed by atoms with E-state index in [1.165, 1.54) is 0 Å². The van der Waals surface area contributed by atoms with Crippen molar-refractivity contribution in [3.05, 3.63) is 24.0 Å². The van der Waals surface area contributed by atoms with Gasteiger partial charge in [0.1, 0.15) is 5.69 Å². The molecule has 1 saturated heterocycles. The monoisotopic (exact) mass is 291 g/mol. The first-order valence-corrected chi connectivity index (χ1v) is 7.43. The summed E-state index contributed by atoms with van der Waals surface area (Å²) in [6.07, 6.45) is 3.33. The van der Waals surface area contributed by atoms with E-state index in [1.807, 2.05) is 16.8 Å². The number of nitrogens with zero attached hydrogens (tertiary/aromatic N) is 3. The molecule has 1 aromatic heterocycles. The van der Waals surface area contributed by atoms with Gasteiger partial charge in [0.25, 0.3) is 11.8 Å². The molecule has 5 nitrogen and oxygen atoms in total. The fourth-order valence-electron chi connectivity index (χ4n) is 3.77. The van der Waals surface area contributed by atoms with E-state index < -0.39 is 11.6 Å². The molecule has 2 aliphatic heterocycles. The van der Waals surface area contributed by atoms with E-state index in [1.54, 1.807) is 22.9 Å². The van der Waals surface area contributed by atoms with E-state index in [-0.39, 0.29) is 18.0 Å². The lowest BCUT2D eigenvalue weighted by Gasteiger charge is -2.36. The summed E-state index contributed by atoms with van der Waals surface area (Å²) in [5.74, 6) is -0.424. The van der Waals surface area contributed by atoms with Gasteiger partial charge < -0.3 is 14.4 Å². The smallest absolute Gasteiger partial charge is 0.270 e. The maximum atomic E-state index is 14.4. The number of likely N-dealkylation sites (N-methyl/N-ethyl adjacent to an activating group) is 1. The maximum Gasteiger partial charge on any atom is 0.270 e. The quantitative estimate of drug-likeness (QED) is 0.781. The first-order chi connectivity index (χ1) is 10.0. The van der Waals surface area contributed by atoms with Gasteiger partial charge in [0, 0.05) is 26.3 Å². The lowest BCUT2D eigenvalue weighted by Crippen LogP contribution is -2.50. The minimum absolute atomic E-state index is 0.0327. The van der Waals surface area contributed by atoms with Crippen molar-refractivity contribution < 1.29 is 14.0 Å². The van der Waals surface area contributed by atoms with Gasteiger partial charge in [-0.2, -0.15) is 0 Å². The first kappa shape index (κ1) is 12.9. The Kier molecular flexibility index (Phi) is 2.50. The summed E-state index contributed by atoms with van der Waals surface area (Å²) in [6.45, 7) is 0.906. The average molecular weight is 291 g/mol. The van der Waals surface area contributed by atoms with Gasteiger partial charge >= 0.3 is 0 Å². The minimum Gasteiger partial charge on any atom is -0.337 e. The Morgan fingerprint density at radius 2 is 2.05 bits per heavy atom. The van der Waals surface area contributed by atoms with E-state index in [4.69, 9.17) is 0 Å². The Morgan fingerprint density at radius 1 is 1.33 bits per heavy atom. The molecule has 1 aromatic rings. The lowest BCUT2D eigenvalue weighted by molar-refractivity contribution is -0.149. The van der Waals surface area contributed by atoms with Crippen molar-refractivity contribution in [2.45, 2.75) is 37.0 Å². The fraction of sp³-hybridized carbons (Fsp3) is 0.600. The number of alkyl halides is 1. The largest absolute Gasteiger partial charge is 0.337 e. The van der Waals surface area contributed by atoms with E-state index >= 15 is 0 Å². The molecule has 0 aromatic carbocycles. The highest BCUT2D eigenvalue weighted by Gasteiger charge is 2.52. The van der Waals surface area contributed by atoms with E-state index in [0.717, 1.165) is 6.42 Å². The highest BCUT2D eigenvalue weighted by molar-refractivity contribution is 5.94. The zero-order valence-electron chi connectivity index (χ0n) is 12.0. The van der Waals surface area contributed by atoms with Gasteiger partial charge in [-0.3, -0.25) is 9.59 Å². The van der Waals surface area contributed by atoms with Crippen molar-refractivity contribution in [1.29, 1.82) is 0 Å². The van der Waals surface area contributed by atoms with Crippen LogP contribution < -0.4 is 0 Å². The highest BCUT2D eigenvalue weighted by Crippen LogP contribution is 2.40. The third-order valence-corrected chi connectivity index (χ3v) is 5.25. The van der Waals surface area contributed by atoms with Gasteiger partial charge in [-0.25, -0.2) is 4.39 Å². The molecule has 0 spiro atoms. The summed E-state index contributed by atoms with van der Waals surface area (Å²) in [4.78, 5) is 28.0. The topological polar surface area (TPSA) is 45.6 Å². The number of hydrogen-bond acceptors (Lipinski definition) is 2. The van der Waals surface area contributed by atoms with Crippen LogP contribution in [0.3, 0.4) is 0 Å². The van der Waals surface area contributed by atoms with Gasteiger partial charge in [-0.1, -0.05) is 0 Å². The Balaban J connectivity index is 1.63. The fourth-order valence-corrected chi connectivity index (χ4v) is 3.77. The van der Waals surface area contributed by atoms with Crippen LogP contribution >= 0.6 is 0 Å². The van der Waals surface area contributed by atoms with Crippen molar-refractivity contribution in [3.63, 3.8) is 0 Å². The molecule has 0 unspecified atom stereocenters. The summed E-state index contributed by atoms with van der Waals surface area (Å²) in [5, 5.41) is 0. The summed E-state index contributed by atoms with van der Waals surface area (Å²) < 4.78 is 16.3. The number of rotatable bonds is 1. The van der Waals surface area contributed by atoms with Crippen LogP contribution in [0.1, 0.15) is 35.8 Å². The zero-order chi connectivity index (χ0) is 14.8. The Bertz CT molecular complexity index is 622. The molecule has 4 rings (SSSR count). The molecule has 0 bridgehead atoms. The van der Waals surface area contributed by atoms with Crippen molar-refractivity contribution in [2.75, 3.05) is 20.1 Å². The lowest BCUT2D eigenvalue weighted by atomic mass is 9.81. The number of carbonyl (C=O) groups excluding carboxylic acids is 2. The van der Waals surface area contributed by atoms with Gasteiger partial charge in [-0.15, -0.1) is 0 Å². The predicted octanol–water partition coefficient (Wildman–Crippen LogP) is 1.22. The summed E-state index contributed by atoms with van der Waals surface area (Å²) in [6, 6.07) is 3.61. The van der Waals surface area contributed by atoms with Crippen LogP contribution in [0.5, 0.6) is 0 Å².